The van der Waals surface area contributed by atoms with Gasteiger partial charge in [-0.05, 0) is 30.7 Å². The molecular formula is C13H16O3. The largest absolute Gasteiger partial charge is 0.468 e. The summed E-state index contributed by atoms with van der Waals surface area (Å²) in [7, 11) is 1.58. The van der Waals surface area contributed by atoms with Crippen molar-refractivity contribution in [2.75, 3.05) is 20.5 Å². The smallest absolute Gasteiger partial charge is 0.188 e. The maximum Gasteiger partial charge on any atom is 0.188 e. The number of ether oxygens (including phenoxy) is 2. The number of methoxy groups -OCH3 is 1. The summed E-state index contributed by atoms with van der Waals surface area (Å²) >= 11 is 0. The number of hydrogen-bond donors (Lipinski definition) is 1. The van der Waals surface area contributed by atoms with Crippen molar-refractivity contribution in [1.82, 2.24) is 0 Å². The molecule has 0 atom stereocenters. The van der Waals surface area contributed by atoms with Crippen LogP contribution in [0.4, 0.5) is 0 Å². The fourth-order valence-electron chi connectivity index (χ4n) is 1.21. The van der Waals surface area contributed by atoms with Crippen LogP contribution in [0.2, 0.25) is 0 Å². The molecule has 0 fully saturated rings. The molecular weight excluding hydrogens is 204 g/mol. The summed E-state index contributed by atoms with van der Waals surface area (Å²) in [5.74, 6) is 6.66. The van der Waals surface area contributed by atoms with Crippen LogP contribution in [0.25, 0.3) is 0 Å². The lowest BCUT2D eigenvalue weighted by atomic mass is 10.1. The predicted octanol–water partition coefficient (Wildman–Crippen LogP) is 1.71. The maximum absolute atomic E-state index is 8.62. The van der Waals surface area contributed by atoms with Gasteiger partial charge in [0.2, 0.25) is 0 Å². The van der Waals surface area contributed by atoms with Gasteiger partial charge in [-0.3, -0.25) is 0 Å². The van der Waals surface area contributed by atoms with Gasteiger partial charge in [-0.15, -0.1) is 0 Å². The van der Waals surface area contributed by atoms with Gasteiger partial charge >= 0.3 is 0 Å². The van der Waals surface area contributed by atoms with E-state index in [1.165, 1.54) is 0 Å². The molecule has 0 radical (unpaired) electrons. The number of aliphatic hydroxyl groups excluding tert-OH is 1. The van der Waals surface area contributed by atoms with Crippen molar-refractivity contribution < 1.29 is 14.6 Å². The number of aryl methyl sites for hydroxylation is 1. The molecule has 0 unspecified atom stereocenters. The zero-order valence-corrected chi connectivity index (χ0v) is 9.62. The standard InChI is InChI=1S/C13H16O3/c1-11-9-13(16-10-15-2)7-6-12(11)5-3-4-8-14/h6-7,9,14H,4,8,10H2,1-2H3. The molecule has 0 saturated heterocycles. The van der Waals surface area contributed by atoms with Crippen LogP contribution >= 0.6 is 0 Å². The highest BCUT2D eigenvalue weighted by atomic mass is 16.7. The molecule has 16 heavy (non-hydrogen) atoms. The molecule has 86 valence electrons. The third kappa shape index (κ3) is 3.93. The van der Waals surface area contributed by atoms with Gasteiger partial charge < -0.3 is 14.6 Å². The van der Waals surface area contributed by atoms with E-state index in [9.17, 15) is 0 Å². The average Bonchev–Trinajstić information content (AvgIpc) is 2.29. The second kappa shape index (κ2) is 6.89. The summed E-state index contributed by atoms with van der Waals surface area (Å²) in [4.78, 5) is 0. The van der Waals surface area contributed by atoms with Crippen molar-refractivity contribution in [1.29, 1.82) is 0 Å². The van der Waals surface area contributed by atoms with Gasteiger partial charge in [-0.2, -0.15) is 0 Å². The van der Waals surface area contributed by atoms with Crippen molar-refractivity contribution in [3.63, 3.8) is 0 Å². The Morgan fingerprint density at radius 3 is 2.81 bits per heavy atom. The molecule has 1 rings (SSSR count). The summed E-state index contributed by atoms with van der Waals surface area (Å²) in [5, 5.41) is 8.62. The topological polar surface area (TPSA) is 38.7 Å². The van der Waals surface area contributed by atoms with Crippen LogP contribution in [0.1, 0.15) is 17.5 Å². The third-order valence-electron chi connectivity index (χ3n) is 2.00. The van der Waals surface area contributed by atoms with E-state index in [0.29, 0.717) is 6.42 Å². The highest BCUT2D eigenvalue weighted by Gasteiger charge is 1.98. The molecule has 0 aliphatic rings. The first-order valence-electron chi connectivity index (χ1n) is 5.10. The summed E-state index contributed by atoms with van der Waals surface area (Å²) in [6.07, 6.45) is 0.501. The fraction of sp³-hybridized carbons (Fsp3) is 0.385. The lowest BCUT2D eigenvalue weighted by Gasteiger charge is -2.06. The van der Waals surface area contributed by atoms with E-state index in [-0.39, 0.29) is 13.4 Å². The number of hydrogen-bond acceptors (Lipinski definition) is 3. The lowest BCUT2D eigenvalue weighted by molar-refractivity contribution is 0.0511. The fourth-order valence-corrected chi connectivity index (χ4v) is 1.21. The van der Waals surface area contributed by atoms with Crippen molar-refractivity contribution in [3.05, 3.63) is 29.3 Å². The molecule has 0 aromatic heterocycles. The minimum atomic E-state index is 0.0983. The van der Waals surface area contributed by atoms with E-state index < -0.39 is 0 Å². The van der Waals surface area contributed by atoms with E-state index >= 15 is 0 Å². The Morgan fingerprint density at radius 2 is 2.19 bits per heavy atom. The Hall–Kier alpha value is -1.50. The Labute approximate surface area is 96.0 Å². The van der Waals surface area contributed by atoms with Crippen LogP contribution in [0, 0.1) is 18.8 Å². The van der Waals surface area contributed by atoms with Crippen LogP contribution in [0.15, 0.2) is 18.2 Å². The van der Waals surface area contributed by atoms with Gasteiger partial charge in [0.15, 0.2) is 6.79 Å². The molecule has 1 N–H and O–H groups in total. The van der Waals surface area contributed by atoms with Crippen molar-refractivity contribution >= 4 is 0 Å². The van der Waals surface area contributed by atoms with Gasteiger partial charge in [-0.25, -0.2) is 0 Å². The highest BCUT2D eigenvalue weighted by molar-refractivity contribution is 5.44. The number of benzene rings is 1. The first-order valence-corrected chi connectivity index (χ1v) is 5.10. The van der Waals surface area contributed by atoms with Crippen LogP contribution in [0.5, 0.6) is 5.75 Å². The Bertz CT molecular complexity index is 388. The van der Waals surface area contributed by atoms with E-state index in [0.717, 1.165) is 16.9 Å². The van der Waals surface area contributed by atoms with E-state index in [1.54, 1.807) is 7.11 Å². The lowest BCUT2D eigenvalue weighted by Crippen LogP contribution is -1.99. The van der Waals surface area contributed by atoms with Crippen LogP contribution < -0.4 is 4.74 Å². The molecule has 0 aliphatic heterocycles. The number of aliphatic hydroxyl groups is 1. The quantitative estimate of drug-likeness (QED) is 0.620. The van der Waals surface area contributed by atoms with Crippen LogP contribution in [-0.2, 0) is 4.74 Å². The minimum absolute atomic E-state index is 0.0983. The van der Waals surface area contributed by atoms with Crippen LogP contribution in [-0.4, -0.2) is 25.6 Å². The van der Waals surface area contributed by atoms with E-state index in [1.807, 2.05) is 25.1 Å². The minimum Gasteiger partial charge on any atom is -0.468 e. The molecule has 0 heterocycles. The Balaban J connectivity index is 2.72. The first-order chi connectivity index (χ1) is 7.77. The van der Waals surface area contributed by atoms with Gasteiger partial charge in [0.1, 0.15) is 5.75 Å². The zero-order chi connectivity index (χ0) is 11.8. The molecule has 0 saturated carbocycles. The molecule has 1 aromatic carbocycles. The Kier molecular flexibility index (Phi) is 5.41. The normalized spacial score (nSPS) is 9.44. The third-order valence-corrected chi connectivity index (χ3v) is 2.00. The molecule has 3 heteroatoms. The summed E-state index contributed by atoms with van der Waals surface area (Å²) < 4.78 is 10.1. The Morgan fingerprint density at radius 1 is 1.38 bits per heavy atom. The first kappa shape index (κ1) is 12.6. The average molecular weight is 220 g/mol. The monoisotopic (exact) mass is 220 g/mol. The van der Waals surface area contributed by atoms with Gasteiger partial charge in [0.05, 0.1) is 6.61 Å². The molecule has 3 nitrogen and oxygen atoms in total. The SMILES string of the molecule is COCOc1ccc(C#CCCO)c(C)c1. The molecule has 0 bridgehead atoms. The van der Waals surface area contributed by atoms with Gasteiger partial charge in [0.25, 0.3) is 0 Å². The molecule has 1 aromatic rings. The predicted molar refractivity (Wildman–Crippen MR) is 62.3 cm³/mol. The van der Waals surface area contributed by atoms with E-state index in [4.69, 9.17) is 14.6 Å². The maximum atomic E-state index is 8.62. The summed E-state index contributed by atoms with van der Waals surface area (Å²) in [6.45, 7) is 2.32. The van der Waals surface area contributed by atoms with Gasteiger partial charge in [-0.1, -0.05) is 11.8 Å². The van der Waals surface area contributed by atoms with Crippen molar-refractivity contribution in [2.45, 2.75) is 13.3 Å². The molecule has 0 spiro atoms. The van der Waals surface area contributed by atoms with Gasteiger partial charge in [0, 0.05) is 19.1 Å². The second-order valence-electron chi connectivity index (χ2n) is 3.30. The van der Waals surface area contributed by atoms with Crippen LogP contribution in [0.3, 0.4) is 0 Å². The second-order valence-corrected chi connectivity index (χ2v) is 3.30. The molecule has 0 aliphatic carbocycles. The van der Waals surface area contributed by atoms with Crippen molar-refractivity contribution in [2.24, 2.45) is 0 Å². The number of rotatable bonds is 4. The zero-order valence-electron chi connectivity index (χ0n) is 9.62. The summed E-state index contributed by atoms with van der Waals surface area (Å²) in [6, 6.07) is 5.68. The summed E-state index contributed by atoms with van der Waals surface area (Å²) in [5.41, 5.74) is 2.01. The van der Waals surface area contributed by atoms with E-state index in [2.05, 4.69) is 11.8 Å². The molecule has 0 amide bonds. The highest BCUT2D eigenvalue weighted by Crippen LogP contribution is 2.16. The van der Waals surface area contributed by atoms with Crippen molar-refractivity contribution in [3.8, 4) is 17.6 Å².